The summed E-state index contributed by atoms with van der Waals surface area (Å²) in [7, 11) is -4.10. The smallest absolute Gasteiger partial charge is 0.282 e. The molecule has 0 fully saturated rings. The lowest BCUT2D eigenvalue weighted by Crippen LogP contribution is -2.01. The molecule has 0 saturated heterocycles. The minimum absolute atomic E-state index is 0.0862. The molecule has 0 aliphatic rings. The van der Waals surface area contributed by atoms with Gasteiger partial charge in [0.1, 0.15) is 0 Å². The van der Waals surface area contributed by atoms with Crippen molar-refractivity contribution in [3.8, 4) is 0 Å². The molecule has 1 aromatic rings. The maximum absolute atomic E-state index is 10.8. The summed E-state index contributed by atoms with van der Waals surface area (Å²) in [6, 6.07) is 2.72. The zero-order valence-electron chi connectivity index (χ0n) is 7.48. The number of aryl methyl sites for hydroxylation is 2. The van der Waals surface area contributed by atoms with Crippen LogP contribution in [0, 0.1) is 6.92 Å². The van der Waals surface area contributed by atoms with Crippen LogP contribution >= 0.6 is 0 Å². The number of aromatic nitrogens is 1. The zero-order valence-corrected chi connectivity index (χ0v) is 8.30. The Kier molecular flexibility index (Phi) is 2.68. The van der Waals surface area contributed by atoms with E-state index in [2.05, 4.69) is 4.98 Å². The molecule has 5 heteroatoms. The van der Waals surface area contributed by atoms with Gasteiger partial charge in [0.25, 0.3) is 10.1 Å². The van der Waals surface area contributed by atoms with Gasteiger partial charge in [-0.3, -0.25) is 9.54 Å². The van der Waals surface area contributed by atoms with Crippen LogP contribution in [0.2, 0.25) is 0 Å². The van der Waals surface area contributed by atoms with Crippen LogP contribution in [0.25, 0.3) is 0 Å². The highest BCUT2D eigenvalue weighted by atomic mass is 32.2. The Hall–Kier alpha value is -0.940. The monoisotopic (exact) mass is 201 g/mol. The molecule has 1 heterocycles. The third-order valence-electron chi connectivity index (χ3n) is 1.64. The Morgan fingerprint density at radius 3 is 2.54 bits per heavy atom. The van der Waals surface area contributed by atoms with Gasteiger partial charge in [0.05, 0.1) is 4.90 Å². The van der Waals surface area contributed by atoms with Crippen molar-refractivity contribution < 1.29 is 13.0 Å². The van der Waals surface area contributed by atoms with Gasteiger partial charge in [-0.1, -0.05) is 6.92 Å². The molecule has 0 amide bonds. The Labute approximate surface area is 77.4 Å². The SMILES string of the molecule is CCc1cc(S(=O)(=O)O)cc(C)n1. The van der Waals surface area contributed by atoms with Gasteiger partial charge in [-0.2, -0.15) is 8.42 Å². The van der Waals surface area contributed by atoms with Crippen molar-refractivity contribution in [3.63, 3.8) is 0 Å². The summed E-state index contributed by atoms with van der Waals surface area (Å²) in [5.74, 6) is 0. The highest BCUT2D eigenvalue weighted by Gasteiger charge is 2.10. The van der Waals surface area contributed by atoms with Crippen molar-refractivity contribution in [2.45, 2.75) is 25.2 Å². The minimum atomic E-state index is -4.10. The molecule has 0 aliphatic heterocycles. The summed E-state index contributed by atoms with van der Waals surface area (Å²) in [5, 5.41) is 0. The Morgan fingerprint density at radius 2 is 2.08 bits per heavy atom. The second-order valence-corrected chi connectivity index (χ2v) is 4.19. The number of nitrogens with zero attached hydrogens (tertiary/aromatic N) is 1. The quantitative estimate of drug-likeness (QED) is 0.730. The summed E-state index contributed by atoms with van der Waals surface area (Å²) in [4.78, 5) is 4.00. The van der Waals surface area contributed by atoms with Crippen LogP contribution in [0.15, 0.2) is 17.0 Å². The predicted molar refractivity (Wildman–Crippen MR) is 48.2 cm³/mol. The summed E-state index contributed by atoms with van der Waals surface area (Å²) in [5.41, 5.74) is 1.25. The molecule has 0 spiro atoms. The summed E-state index contributed by atoms with van der Waals surface area (Å²) >= 11 is 0. The van der Waals surface area contributed by atoms with Crippen LogP contribution in [-0.2, 0) is 16.5 Å². The predicted octanol–water partition coefficient (Wildman–Crippen LogP) is 1.20. The molecule has 13 heavy (non-hydrogen) atoms. The van der Waals surface area contributed by atoms with E-state index >= 15 is 0 Å². The molecule has 0 unspecified atom stereocenters. The van der Waals surface area contributed by atoms with Gasteiger partial charge >= 0.3 is 0 Å². The van der Waals surface area contributed by atoms with E-state index in [1.807, 2.05) is 6.92 Å². The van der Waals surface area contributed by atoms with E-state index in [1.165, 1.54) is 12.1 Å². The highest BCUT2D eigenvalue weighted by molar-refractivity contribution is 7.85. The molecule has 0 radical (unpaired) electrons. The second kappa shape index (κ2) is 3.43. The first-order valence-corrected chi connectivity index (χ1v) is 5.32. The normalized spacial score (nSPS) is 11.6. The third-order valence-corrected chi connectivity index (χ3v) is 2.47. The first-order valence-electron chi connectivity index (χ1n) is 3.88. The molecule has 0 aromatic carbocycles. The highest BCUT2D eigenvalue weighted by Crippen LogP contribution is 2.11. The lowest BCUT2D eigenvalue weighted by Gasteiger charge is -2.01. The molecule has 1 aromatic heterocycles. The summed E-state index contributed by atoms with van der Waals surface area (Å²) in [6.07, 6.45) is 0.643. The molecule has 0 atom stereocenters. The topological polar surface area (TPSA) is 67.3 Å². The Morgan fingerprint density at radius 1 is 1.46 bits per heavy atom. The van der Waals surface area contributed by atoms with Gasteiger partial charge < -0.3 is 0 Å². The molecule has 0 saturated carbocycles. The second-order valence-electron chi connectivity index (χ2n) is 2.76. The van der Waals surface area contributed by atoms with Crippen molar-refractivity contribution in [1.82, 2.24) is 4.98 Å². The fourth-order valence-corrected chi connectivity index (χ4v) is 1.64. The lowest BCUT2D eigenvalue weighted by molar-refractivity contribution is 0.482. The number of hydrogen-bond donors (Lipinski definition) is 1. The molecule has 1 rings (SSSR count). The van der Waals surface area contributed by atoms with Crippen LogP contribution in [0.3, 0.4) is 0 Å². The minimum Gasteiger partial charge on any atom is -0.282 e. The van der Waals surface area contributed by atoms with Gasteiger partial charge in [0, 0.05) is 11.4 Å². The number of hydrogen-bond acceptors (Lipinski definition) is 3. The first-order chi connectivity index (χ1) is 5.93. The number of rotatable bonds is 2. The van der Waals surface area contributed by atoms with E-state index in [0.29, 0.717) is 17.8 Å². The summed E-state index contributed by atoms with van der Waals surface area (Å²) in [6.45, 7) is 3.56. The van der Waals surface area contributed by atoms with E-state index in [0.717, 1.165) is 0 Å². The fraction of sp³-hybridized carbons (Fsp3) is 0.375. The number of pyridine rings is 1. The molecule has 4 nitrogen and oxygen atoms in total. The van der Waals surface area contributed by atoms with E-state index in [-0.39, 0.29) is 4.90 Å². The van der Waals surface area contributed by atoms with Gasteiger partial charge in [0.15, 0.2) is 0 Å². The van der Waals surface area contributed by atoms with Crippen LogP contribution in [0.1, 0.15) is 18.3 Å². The Balaban J connectivity index is 3.33. The molecule has 1 N–H and O–H groups in total. The van der Waals surface area contributed by atoms with E-state index < -0.39 is 10.1 Å². The van der Waals surface area contributed by atoms with Gasteiger partial charge in [0.2, 0.25) is 0 Å². The average molecular weight is 201 g/mol. The van der Waals surface area contributed by atoms with Crippen LogP contribution in [0.5, 0.6) is 0 Å². The van der Waals surface area contributed by atoms with Crippen molar-refractivity contribution in [1.29, 1.82) is 0 Å². The van der Waals surface area contributed by atoms with Crippen molar-refractivity contribution in [2.75, 3.05) is 0 Å². The average Bonchev–Trinajstić information content (AvgIpc) is 2.01. The van der Waals surface area contributed by atoms with Crippen molar-refractivity contribution in [2.24, 2.45) is 0 Å². The van der Waals surface area contributed by atoms with Crippen LogP contribution in [-0.4, -0.2) is 18.0 Å². The molecule has 0 aliphatic carbocycles. The third kappa shape index (κ3) is 2.50. The van der Waals surface area contributed by atoms with Gasteiger partial charge in [-0.25, -0.2) is 0 Å². The van der Waals surface area contributed by atoms with Gasteiger partial charge in [-0.15, -0.1) is 0 Å². The fourth-order valence-electron chi connectivity index (χ4n) is 1.03. The van der Waals surface area contributed by atoms with E-state index in [1.54, 1.807) is 6.92 Å². The Bertz CT molecular complexity index is 411. The summed E-state index contributed by atoms with van der Waals surface area (Å²) < 4.78 is 30.3. The van der Waals surface area contributed by atoms with Crippen molar-refractivity contribution in [3.05, 3.63) is 23.5 Å². The molecular formula is C8H11NO3S. The first kappa shape index (κ1) is 10.1. The standard InChI is InChI=1S/C8H11NO3S/c1-3-7-5-8(13(10,11)12)4-6(2)9-7/h4-5H,3H2,1-2H3,(H,10,11,12). The van der Waals surface area contributed by atoms with E-state index in [4.69, 9.17) is 4.55 Å². The maximum Gasteiger partial charge on any atom is 0.294 e. The van der Waals surface area contributed by atoms with E-state index in [9.17, 15) is 8.42 Å². The molecular weight excluding hydrogens is 190 g/mol. The van der Waals surface area contributed by atoms with Crippen LogP contribution in [0.4, 0.5) is 0 Å². The maximum atomic E-state index is 10.8. The largest absolute Gasteiger partial charge is 0.294 e. The van der Waals surface area contributed by atoms with Crippen LogP contribution < -0.4 is 0 Å². The molecule has 72 valence electrons. The van der Waals surface area contributed by atoms with Gasteiger partial charge in [-0.05, 0) is 25.5 Å². The van der Waals surface area contributed by atoms with Crippen molar-refractivity contribution >= 4 is 10.1 Å². The zero-order chi connectivity index (χ0) is 10.1. The lowest BCUT2D eigenvalue weighted by atomic mass is 10.3. The molecule has 0 bridgehead atoms.